The molecule has 1 saturated heterocycles. The molecule has 1 aliphatic heterocycles. The SMILES string of the molecule is CCN(c1cccc(C)c1)c1ccc(C(=O)N2CCCCCC2)nn1. The Hall–Kier alpha value is -2.43. The van der Waals surface area contributed by atoms with Crippen molar-refractivity contribution in [3.8, 4) is 0 Å². The molecule has 1 amide bonds. The molecule has 2 aromatic rings. The highest BCUT2D eigenvalue weighted by molar-refractivity contribution is 5.92. The van der Waals surface area contributed by atoms with Gasteiger partial charge >= 0.3 is 0 Å². The highest BCUT2D eigenvalue weighted by Crippen LogP contribution is 2.23. The van der Waals surface area contributed by atoms with E-state index in [1.807, 2.05) is 17.0 Å². The molecule has 1 fully saturated rings. The zero-order chi connectivity index (χ0) is 17.6. The molecule has 5 heteroatoms. The maximum Gasteiger partial charge on any atom is 0.274 e. The van der Waals surface area contributed by atoms with Gasteiger partial charge in [-0.1, -0.05) is 25.0 Å². The summed E-state index contributed by atoms with van der Waals surface area (Å²) >= 11 is 0. The largest absolute Gasteiger partial charge is 0.337 e. The van der Waals surface area contributed by atoms with Gasteiger partial charge in [-0.05, 0) is 56.5 Å². The van der Waals surface area contributed by atoms with E-state index in [2.05, 4.69) is 47.1 Å². The number of aryl methyl sites for hydroxylation is 1. The minimum absolute atomic E-state index is 0.000413. The number of amides is 1. The van der Waals surface area contributed by atoms with E-state index in [-0.39, 0.29) is 5.91 Å². The van der Waals surface area contributed by atoms with Crippen LogP contribution in [0, 0.1) is 6.92 Å². The first-order chi connectivity index (χ1) is 12.2. The van der Waals surface area contributed by atoms with Crippen LogP contribution in [0.25, 0.3) is 0 Å². The molecule has 0 bridgehead atoms. The van der Waals surface area contributed by atoms with Gasteiger partial charge in [-0.15, -0.1) is 10.2 Å². The van der Waals surface area contributed by atoms with Crippen LogP contribution in [0.3, 0.4) is 0 Å². The topological polar surface area (TPSA) is 49.3 Å². The van der Waals surface area contributed by atoms with E-state index < -0.39 is 0 Å². The van der Waals surface area contributed by atoms with Crippen LogP contribution in [0.2, 0.25) is 0 Å². The molecule has 25 heavy (non-hydrogen) atoms. The van der Waals surface area contributed by atoms with Gasteiger partial charge < -0.3 is 9.80 Å². The zero-order valence-electron chi connectivity index (χ0n) is 15.1. The second kappa shape index (κ2) is 8.10. The summed E-state index contributed by atoms with van der Waals surface area (Å²) in [5.41, 5.74) is 2.73. The van der Waals surface area contributed by atoms with Crippen LogP contribution in [0.4, 0.5) is 11.5 Å². The quantitative estimate of drug-likeness (QED) is 0.847. The predicted octanol–water partition coefficient (Wildman–Crippen LogP) is 3.96. The van der Waals surface area contributed by atoms with Gasteiger partial charge in [-0.2, -0.15) is 0 Å². The third kappa shape index (κ3) is 4.16. The molecule has 0 aliphatic carbocycles. The zero-order valence-corrected chi connectivity index (χ0v) is 15.1. The lowest BCUT2D eigenvalue weighted by Crippen LogP contribution is -2.32. The molecule has 1 aliphatic rings. The Bertz CT molecular complexity index is 706. The summed E-state index contributed by atoms with van der Waals surface area (Å²) in [6, 6.07) is 12.0. The Kier molecular flexibility index (Phi) is 5.64. The molecule has 0 unspecified atom stereocenters. The Morgan fingerprint density at radius 2 is 1.84 bits per heavy atom. The number of hydrogen-bond donors (Lipinski definition) is 0. The van der Waals surface area contributed by atoms with Crippen molar-refractivity contribution >= 4 is 17.4 Å². The smallest absolute Gasteiger partial charge is 0.274 e. The van der Waals surface area contributed by atoms with E-state index in [1.54, 1.807) is 6.07 Å². The number of anilines is 2. The van der Waals surface area contributed by atoms with Crippen molar-refractivity contribution in [2.24, 2.45) is 0 Å². The summed E-state index contributed by atoms with van der Waals surface area (Å²) in [5.74, 6) is 0.764. The van der Waals surface area contributed by atoms with E-state index in [9.17, 15) is 4.79 Å². The molecule has 0 saturated carbocycles. The molecule has 2 heterocycles. The molecule has 0 N–H and O–H groups in total. The van der Waals surface area contributed by atoms with Gasteiger partial charge in [-0.3, -0.25) is 4.79 Å². The Morgan fingerprint density at radius 3 is 2.44 bits per heavy atom. The van der Waals surface area contributed by atoms with Gasteiger partial charge in [0.2, 0.25) is 0 Å². The number of carbonyl (C=O) groups is 1. The van der Waals surface area contributed by atoms with Gasteiger partial charge in [0.1, 0.15) is 0 Å². The van der Waals surface area contributed by atoms with Crippen molar-refractivity contribution < 1.29 is 4.79 Å². The molecule has 5 nitrogen and oxygen atoms in total. The second-order valence-electron chi connectivity index (χ2n) is 6.57. The third-order valence-electron chi connectivity index (χ3n) is 4.67. The molecule has 3 rings (SSSR count). The fourth-order valence-corrected chi connectivity index (χ4v) is 3.29. The summed E-state index contributed by atoms with van der Waals surface area (Å²) in [7, 11) is 0. The van der Waals surface area contributed by atoms with E-state index in [0.717, 1.165) is 44.0 Å². The van der Waals surface area contributed by atoms with E-state index in [4.69, 9.17) is 0 Å². The van der Waals surface area contributed by atoms with E-state index in [1.165, 1.54) is 18.4 Å². The number of nitrogens with zero attached hydrogens (tertiary/aromatic N) is 4. The Labute approximate surface area is 149 Å². The fraction of sp³-hybridized carbons (Fsp3) is 0.450. The van der Waals surface area contributed by atoms with Crippen LogP contribution >= 0.6 is 0 Å². The third-order valence-corrected chi connectivity index (χ3v) is 4.67. The second-order valence-corrected chi connectivity index (χ2v) is 6.57. The summed E-state index contributed by atoms with van der Waals surface area (Å²) < 4.78 is 0. The molecule has 0 atom stereocenters. The highest BCUT2D eigenvalue weighted by Gasteiger charge is 2.19. The van der Waals surface area contributed by atoms with Gasteiger partial charge in [-0.25, -0.2) is 0 Å². The first-order valence-electron chi connectivity index (χ1n) is 9.16. The first-order valence-corrected chi connectivity index (χ1v) is 9.16. The van der Waals surface area contributed by atoms with E-state index in [0.29, 0.717) is 5.69 Å². The number of likely N-dealkylation sites (tertiary alicyclic amines) is 1. The van der Waals surface area contributed by atoms with Crippen molar-refractivity contribution in [3.05, 3.63) is 47.7 Å². The van der Waals surface area contributed by atoms with Crippen molar-refractivity contribution in [3.63, 3.8) is 0 Å². The lowest BCUT2D eigenvalue weighted by atomic mass is 10.2. The number of aromatic nitrogens is 2. The monoisotopic (exact) mass is 338 g/mol. The number of rotatable bonds is 4. The van der Waals surface area contributed by atoms with Gasteiger partial charge in [0, 0.05) is 25.3 Å². The maximum atomic E-state index is 12.6. The number of hydrogen-bond acceptors (Lipinski definition) is 4. The van der Waals surface area contributed by atoms with E-state index >= 15 is 0 Å². The summed E-state index contributed by atoms with van der Waals surface area (Å²) in [5, 5.41) is 8.54. The molecule has 0 radical (unpaired) electrons. The van der Waals surface area contributed by atoms with Gasteiger partial charge in [0.05, 0.1) is 0 Å². The van der Waals surface area contributed by atoms with Crippen molar-refractivity contribution in [1.29, 1.82) is 0 Å². The minimum Gasteiger partial charge on any atom is -0.337 e. The maximum absolute atomic E-state index is 12.6. The lowest BCUT2D eigenvalue weighted by Gasteiger charge is -2.23. The number of carbonyl (C=O) groups excluding carboxylic acids is 1. The average Bonchev–Trinajstić information content (AvgIpc) is 2.92. The summed E-state index contributed by atoms with van der Waals surface area (Å²) in [4.78, 5) is 16.6. The summed E-state index contributed by atoms with van der Waals surface area (Å²) in [6.45, 7) is 6.60. The van der Waals surface area contributed by atoms with Gasteiger partial charge in [0.25, 0.3) is 5.91 Å². The van der Waals surface area contributed by atoms with Crippen LogP contribution in [-0.2, 0) is 0 Å². The lowest BCUT2D eigenvalue weighted by molar-refractivity contribution is 0.0754. The van der Waals surface area contributed by atoms with Crippen LogP contribution in [0.15, 0.2) is 36.4 Å². The van der Waals surface area contributed by atoms with Crippen LogP contribution in [0.5, 0.6) is 0 Å². The minimum atomic E-state index is -0.000413. The molecule has 1 aromatic heterocycles. The Balaban J connectivity index is 1.77. The van der Waals surface area contributed by atoms with Crippen LogP contribution in [0.1, 0.15) is 48.7 Å². The van der Waals surface area contributed by atoms with Crippen LogP contribution < -0.4 is 4.90 Å². The molecular formula is C20H26N4O. The highest BCUT2D eigenvalue weighted by atomic mass is 16.2. The standard InChI is InChI=1S/C20H26N4O/c1-3-24(17-10-8-9-16(2)15-17)19-12-11-18(21-22-19)20(25)23-13-6-4-5-7-14-23/h8-12,15H,3-7,13-14H2,1-2H3. The average molecular weight is 338 g/mol. The van der Waals surface area contributed by atoms with Crippen LogP contribution in [-0.4, -0.2) is 40.6 Å². The first kappa shape index (κ1) is 17.4. The van der Waals surface area contributed by atoms with Crippen molar-refractivity contribution in [1.82, 2.24) is 15.1 Å². The van der Waals surface area contributed by atoms with Gasteiger partial charge in [0.15, 0.2) is 11.5 Å². The number of benzene rings is 1. The Morgan fingerprint density at radius 1 is 1.08 bits per heavy atom. The molecular weight excluding hydrogens is 312 g/mol. The van der Waals surface area contributed by atoms with Crippen molar-refractivity contribution in [2.45, 2.75) is 39.5 Å². The fourth-order valence-electron chi connectivity index (χ4n) is 3.29. The normalized spacial score (nSPS) is 14.9. The predicted molar refractivity (Wildman–Crippen MR) is 100 cm³/mol. The summed E-state index contributed by atoms with van der Waals surface area (Å²) in [6.07, 6.45) is 4.56. The van der Waals surface area contributed by atoms with Crippen molar-refractivity contribution in [2.75, 3.05) is 24.5 Å². The molecule has 132 valence electrons. The molecule has 0 spiro atoms. The molecule has 1 aromatic carbocycles.